The lowest BCUT2D eigenvalue weighted by Crippen LogP contribution is -2.06. The molecule has 0 bridgehead atoms. The average Bonchev–Trinajstić information content (AvgIpc) is 2.52. The van der Waals surface area contributed by atoms with E-state index in [1.54, 1.807) is 6.92 Å². The lowest BCUT2D eigenvalue weighted by molar-refractivity contribution is 0.0526. The van der Waals surface area contributed by atoms with Gasteiger partial charge in [-0.2, -0.15) is 0 Å². The molecular formula is C16H22ClNO2. The van der Waals surface area contributed by atoms with Gasteiger partial charge in [0.2, 0.25) is 0 Å². The van der Waals surface area contributed by atoms with Crippen molar-refractivity contribution in [1.82, 2.24) is 4.98 Å². The lowest BCUT2D eigenvalue weighted by atomic mass is 10.1. The number of aromatic nitrogens is 1. The van der Waals surface area contributed by atoms with Gasteiger partial charge in [0.05, 0.1) is 22.7 Å². The van der Waals surface area contributed by atoms with E-state index in [1.165, 1.54) is 6.20 Å². The molecule has 0 atom stereocenters. The van der Waals surface area contributed by atoms with Crippen LogP contribution in [0.15, 0.2) is 30.5 Å². The number of ether oxygens (including phenoxy) is 1. The Morgan fingerprint density at radius 2 is 1.80 bits per heavy atom. The smallest absolute Gasteiger partial charge is 0.341 e. The molecule has 3 nitrogen and oxygen atoms in total. The minimum absolute atomic E-state index is 0.308. The van der Waals surface area contributed by atoms with Crippen molar-refractivity contribution in [2.24, 2.45) is 0 Å². The van der Waals surface area contributed by atoms with Crippen LogP contribution >= 0.6 is 11.6 Å². The molecule has 2 rings (SSSR count). The molecule has 1 heterocycles. The fourth-order valence-electron chi connectivity index (χ4n) is 1.46. The number of rotatable bonds is 2. The number of hydrogen-bond acceptors (Lipinski definition) is 3. The van der Waals surface area contributed by atoms with Gasteiger partial charge in [0.1, 0.15) is 0 Å². The summed E-state index contributed by atoms with van der Waals surface area (Å²) in [6.45, 7) is 10.1. The molecule has 0 aliphatic heterocycles. The van der Waals surface area contributed by atoms with Crippen LogP contribution in [0.1, 0.15) is 45.0 Å². The van der Waals surface area contributed by atoms with Crippen LogP contribution in [0, 0.1) is 0 Å². The molecule has 2 aromatic rings. The van der Waals surface area contributed by atoms with E-state index in [0.29, 0.717) is 17.2 Å². The number of carbonyl (C=O) groups is 1. The van der Waals surface area contributed by atoms with Crippen molar-refractivity contribution >= 4 is 28.5 Å². The van der Waals surface area contributed by atoms with Gasteiger partial charge in [-0.25, -0.2) is 4.79 Å². The van der Waals surface area contributed by atoms with Crippen LogP contribution in [0.5, 0.6) is 0 Å². The van der Waals surface area contributed by atoms with E-state index in [0.717, 1.165) is 10.9 Å². The van der Waals surface area contributed by atoms with Gasteiger partial charge >= 0.3 is 5.97 Å². The molecule has 0 amide bonds. The summed E-state index contributed by atoms with van der Waals surface area (Å²) in [7, 11) is 0. The normalized spacial score (nSPS) is 8.90. The molecule has 20 heavy (non-hydrogen) atoms. The number of benzene rings is 1. The van der Waals surface area contributed by atoms with Crippen molar-refractivity contribution in [3.8, 4) is 0 Å². The van der Waals surface area contributed by atoms with Crippen LogP contribution in [0.4, 0.5) is 0 Å². The second-order valence-electron chi connectivity index (χ2n) is 3.22. The van der Waals surface area contributed by atoms with Crippen LogP contribution in [-0.4, -0.2) is 17.6 Å². The minimum atomic E-state index is -0.439. The standard InChI is InChI=1S/C12H10ClNO2.2C2H6/c1-2-16-12(15)9-7-14-10-6-4-3-5-8(10)11(9)13;2*1-2/h3-7H,2H2,1H3;2*1-2H3. The first-order valence-electron chi connectivity index (χ1n) is 6.94. The van der Waals surface area contributed by atoms with Crippen LogP contribution in [-0.2, 0) is 4.74 Å². The Labute approximate surface area is 125 Å². The quantitative estimate of drug-likeness (QED) is 0.722. The van der Waals surface area contributed by atoms with Gasteiger partial charge in [-0.05, 0) is 13.0 Å². The maximum atomic E-state index is 11.6. The maximum Gasteiger partial charge on any atom is 0.341 e. The number of carbonyl (C=O) groups excluding carboxylic acids is 1. The van der Waals surface area contributed by atoms with Crippen LogP contribution in [0.2, 0.25) is 5.02 Å². The van der Waals surface area contributed by atoms with Crippen molar-refractivity contribution in [3.63, 3.8) is 0 Å². The van der Waals surface area contributed by atoms with Gasteiger partial charge < -0.3 is 4.74 Å². The highest BCUT2D eigenvalue weighted by Gasteiger charge is 2.14. The summed E-state index contributed by atoms with van der Waals surface area (Å²) >= 11 is 6.13. The van der Waals surface area contributed by atoms with Crippen molar-refractivity contribution in [2.75, 3.05) is 6.61 Å². The van der Waals surface area contributed by atoms with Crippen LogP contribution in [0.25, 0.3) is 10.9 Å². The summed E-state index contributed by atoms with van der Waals surface area (Å²) < 4.78 is 4.89. The number of pyridine rings is 1. The first-order valence-corrected chi connectivity index (χ1v) is 7.32. The van der Waals surface area contributed by atoms with E-state index in [1.807, 2.05) is 52.0 Å². The van der Waals surface area contributed by atoms with E-state index in [2.05, 4.69) is 4.98 Å². The molecule has 1 aromatic heterocycles. The third-order valence-corrected chi connectivity index (χ3v) is 2.61. The van der Waals surface area contributed by atoms with E-state index < -0.39 is 5.97 Å². The lowest BCUT2D eigenvalue weighted by Gasteiger charge is -2.05. The van der Waals surface area contributed by atoms with Gasteiger partial charge in [-0.1, -0.05) is 57.5 Å². The summed E-state index contributed by atoms with van der Waals surface area (Å²) in [5, 5.41) is 1.15. The Morgan fingerprint density at radius 1 is 1.20 bits per heavy atom. The van der Waals surface area contributed by atoms with Crippen molar-refractivity contribution in [3.05, 3.63) is 41.0 Å². The molecule has 1 aromatic carbocycles. The zero-order valence-electron chi connectivity index (χ0n) is 12.7. The monoisotopic (exact) mass is 295 g/mol. The Balaban J connectivity index is 0.000000829. The molecule has 0 saturated carbocycles. The zero-order chi connectivity index (χ0) is 15.5. The fraction of sp³-hybridized carbons (Fsp3) is 0.375. The molecule has 0 aliphatic carbocycles. The van der Waals surface area contributed by atoms with Crippen molar-refractivity contribution < 1.29 is 9.53 Å². The first-order chi connectivity index (χ1) is 9.74. The SMILES string of the molecule is CC.CC.CCOC(=O)c1cnc2ccccc2c1Cl. The molecule has 0 radical (unpaired) electrons. The van der Waals surface area contributed by atoms with Gasteiger partial charge in [0.25, 0.3) is 0 Å². The van der Waals surface area contributed by atoms with Crippen LogP contribution in [0.3, 0.4) is 0 Å². The molecule has 0 N–H and O–H groups in total. The Bertz CT molecular complexity index is 541. The number of nitrogens with zero attached hydrogens (tertiary/aromatic N) is 1. The largest absolute Gasteiger partial charge is 0.462 e. The number of hydrogen-bond donors (Lipinski definition) is 0. The van der Waals surface area contributed by atoms with Gasteiger partial charge in [-0.15, -0.1) is 0 Å². The number of para-hydroxylation sites is 1. The third kappa shape index (κ3) is 4.49. The Morgan fingerprint density at radius 3 is 2.40 bits per heavy atom. The van der Waals surface area contributed by atoms with E-state index in [9.17, 15) is 4.79 Å². The molecule has 0 unspecified atom stereocenters. The summed E-state index contributed by atoms with van der Waals surface area (Å²) in [5.41, 5.74) is 1.07. The van der Waals surface area contributed by atoms with Crippen molar-refractivity contribution in [1.29, 1.82) is 0 Å². The van der Waals surface area contributed by atoms with Crippen molar-refractivity contribution in [2.45, 2.75) is 34.6 Å². The van der Waals surface area contributed by atoms with Crippen LogP contribution < -0.4 is 0 Å². The second kappa shape index (κ2) is 10.2. The Hall–Kier alpha value is -1.61. The topological polar surface area (TPSA) is 39.2 Å². The summed E-state index contributed by atoms with van der Waals surface area (Å²) in [6.07, 6.45) is 1.45. The summed E-state index contributed by atoms with van der Waals surface area (Å²) in [5.74, 6) is -0.439. The van der Waals surface area contributed by atoms with E-state index in [-0.39, 0.29) is 0 Å². The highest BCUT2D eigenvalue weighted by molar-refractivity contribution is 6.38. The molecule has 0 aliphatic rings. The molecule has 0 fully saturated rings. The predicted octanol–water partition coefficient (Wildman–Crippen LogP) is 5.12. The molecular weight excluding hydrogens is 274 g/mol. The average molecular weight is 296 g/mol. The van der Waals surface area contributed by atoms with Gasteiger partial charge in [-0.3, -0.25) is 4.98 Å². The number of fused-ring (bicyclic) bond motifs is 1. The van der Waals surface area contributed by atoms with E-state index >= 15 is 0 Å². The highest BCUT2D eigenvalue weighted by Crippen LogP contribution is 2.25. The second-order valence-corrected chi connectivity index (χ2v) is 3.60. The molecule has 0 spiro atoms. The number of esters is 1. The maximum absolute atomic E-state index is 11.6. The summed E-state index contributed by atoms with van der Waals surface area (Å²) in [4.78, 5) is 15.7. The van der Waals surface area contributed by atoms with E-state index in [4.69, 9.17) is 16.3 Å². The highest BCUT2D eigenvalue weighted by atomic mass is 35.5. The number of halogens is 1. The molecule has 0 saturated heterocycles. The summed E-state index contributed by atoms with van der Waals surface area (Å²) in [6, 6.07) is 7.39. The first kappa shape index (κ1) is 18.4. The Kier molecular flexibility index (Phi) is 9.39. The molecule has 110 valence electrons. The third-order valence-electron chi connectivity index (χ3n) is 2.21. The zero-order valence-corrected chi connectivity index (χ0v) is 13.5. The van der Waals surface area contributed by atoms with Gasteiger partial charge in [0, 0.05) is 11.6 Å². The minimum Gasteiger partial charge on any atom is -0.462 e. The fourth-order valence-corrected chi connectivity index (χ4v) is 1.74. The van der Waals surface area contributed by atoms with Gasteiger partial charge in [0.15, 0.2) is 0 Å². The molecule has 4 heteroatoms. The predicted molar refractivity (Wildman–Crippen MR) is 85.4 cm³/mol.